The van der Waals surface area contributed by atoms with Gasteiger partial charge in [0.1, 0.15) is 18.6 Å². The monoisotopic (exact) mass is 454 g/mol. The number of fused-ring (bicyclic) bond motifs is 1. The molecule has 146 valence electrons. The number of hydrogen-bond donors (Lipinski definition) is 1. The van der Waals surface area contributed by atoms with E-state index in [-0.39, 0.29) is 18.0 Å². The molecule has 0 saturated heterocycles. The zero-order chi connectivity index (χ0) is 20.4. The molecule has 1 amide bonds. The van der Waals surface area contributed by atoms with Crippen LogP contribution in [0.25, 0.3) is 16.9 Å². The highest BCUT2D eigenvalue weighted by Crippen LogP contribution is 2.18. The number of benzene rings is 2. The molecule has 10 heteroatoms. The van der Waals surface area contributed by atoms with Gasteiger partial charge in [-0.3, -0.25) is 14.2 Å². The van der Waals surface area contributed by atoms with Crippen LogP contribution in [0.5, 0.6) is 5.75 Å². The van der Waals surface area contributed by atoms with Gasteiger partial charge in [0.05, 0.1) is 12.8 Å². The first kappa shape index (κ1) is 18.8. The fraction of sp³-hybridized carbons (Fsp3) is 0.105. The largest absolute Gasteiger partial charge is 0.497 e. The second-order valence-electron chi connectivity index (χ2n) is 6.11. The predicted molar refractivity (Wildman–Crippen MR) is 110 cm³/mol. The Morgan fingerprint density at radius 2 is 2.00 bits per heavy atom. The van der Waals surface area contributed by atoms with E-state index in [0.717, 1.165) is 4.47 Å². The zero-order valence-electron chi connectivity index (χ0n) is 15.2. The van der Waals surface area contributed by atoms with Crippen LogP contribution in [-0.4, -0.2) is 37.6 Å². The number of carbonyl (C=O) groups excluding carboxylic acids is 1. The smallest absolute Gasteiger partial charge is 0.284 e. The van der Waals surface area contributed by atoms with Crippen molar-refractivity contribution >= 4 is 38.7 Å². The van der Waals surface area contributed by atoms with Gasteiger partial charge in [0, 0.05) is 16.2 Å². The Kier molecular flexibility index (Phi) is 5.09. The van der Waals surface area contributed by atoms with Gasteiger partial charge in [0.15, 0.2) is 11.2 Å². The number of carbonyl (C=O) groups is 1. The third-order valence-corrected chi connectivity index (χ3v) is 4.70. The Balaban J connectivity index is 1.60. The molecular formula is C19H15BrN6O3. The first-order chi connectivity index (χ1) is 14.0. The first-order valence-corrected chi connectivity index (χ1v) is 9.35. The van der Waals surface area contributed by atoms with E-state index in [1.54, 1.807) is 43.5 Å². The third-order valence-electron chi connectivity index (χ3n) is 4.17. The van der Waals surface area contributed by atoms with Crippen LogP contribution in [0.15, 0.2) is 64.1 Å². The quantitative estimate of drug-likeness (QED) is 0.496. The minimum Gasteiger partial charge on any atom is -0.497 e. The molecule has 0 aliphatic heterocycles. The molecule has 0 fully saturated rings. The Morgan fingerprint density at radius 3 is 2.76 bits per heavy atom. The summed E-state index contributed by atoms with van der Waals surface area (Å²) in [5.41, 5.74) is 1.21. The van der Waals surface area contributed by atoms with Crippen LogP contribution in [0.4, 0.5) is 5.69 Å². The van der Waals surface area contributed by atoms with Crippen LogP contribution in [0.3, 0.4) is 0 Å². The van der Waals surface area contributed by atoms with Crippen LogP contribution in [-0.2, 0) is 11.3 Å². The van der Waals surface area contributed by atoms with Gasteiger partial charge in [0.25, 0.3) is 5.56 Å². The molecule has 0 unspecified atom stereocenters. The molecule has 0 radical (unpaired) electrons. The summed E-state index contributed by atoms with van der Waals surface area (Å²) >= 11 is 3.34. The van der Waals surface area contributed by atoms with E-state index in [1.807, 2.05) is 12.1 Å². The Labute approximate surface area is 173 Å². The topological polar surface area (TPSA) is 104 Å². The van der Waals surface area contributed by atoms with Gasteiger partial charge < -0.3 is 10.1 Å². The summed E-state index contributed by atoms with van der Waals surface area (Å²) in [6.45, 7) is -0.191. The van der Waals surface area contributed by atoms with Gasteiger partial charge >= 0.3 is 0 Å². The summed E-state index contributed by atoms with van der Waals surface area (Å²) in [6.07, 6.45) is 1.31. The summed E-state index contributed by atoms with van der Waals surface area (Å²) in [5, 5.41) is 10.7. The van der Waals surface area contributed by atoms with Crippen molar-refractivity contribution in [2.24, 2.45) is 0 Å². The molecule has 1 N–H and O–H groups in total. The summed E-state index contributed by atoms with van der Waals surface area (Å²) in [6, 6.07) is 14.3. The maximum absolute atomic E-state index is 12.7. The number of hydrogen-bond acceptors (Lipinski definition) is 6. The molecule has 29 heavy (non-hydrogen) atoms. The maximum atomic E-state index is 12.7. The second-order valence-corrected chi connectivity index (χ2v) is 7.02. The van der Waals surface area contributed by atoms with Gasteiger partial charge in [-0.1, -0.05) is 27.2 Å². The number of amides is 1. The fourth-order valence-electron chi connectivity index (χ4n) is 2.76. The Hall–Kier alpha value is -3.53. The van der Waals surface area contributed by atoms with Crippen molar-refractivity contribution in [2.45, 2.75) is 6.54 Å². The predicted octanol–water partition coefficient (Wildman–Crippen LogP) is 2.39. The minimum atomic E-state index is -0.449. The average Bonchev–Trinajstić information content (AvgIpc) is 3.17. The Bertz CT molecular complexity index is 1250. The third kappa shape index (κ3) is 3.87. The summed E-state index contributed by atoms with van der Waals surface area (Å²) in [4.78, 5) is 29.3. The molecule has 2 heterocycles. The number of aromatic nitrogens is 5. The highest BCUT2D eigenvalue weighted by molar-refractivity contribution is 9.10. The average molecular weight is 455 g/mol. The lowest BCUT2D eigenvalue weighted by Gasteiger charge is -2.07. The van der Waals surface area contributed by atoms with E-state index in [4.69, 9.17) is 4.74 Å². The van der Waals surface area contributed by atoms with Gasteiger partial charge in [-0.05, 0) is 36.4 Å². The van der Waals surface area contributed by atoms with Gasteiger partial charge in [-0.15, -0.1) is 5.10 Å². The number of nitrogens with zero attached hydrogens (tertiary/aromatic N) is 5. The van der Waals surface area contributed by atoms with Crippen molar-refractivity contribution in [1.82, 2.24) is 24.5 Å². The SMILES string of the molecule is COc1cccc(-n2nnc3c(=O)n(CC(=O)Nc4ccc(Br)cc4)cnc32)c1. The van der Waals surface area contributed by atoms with E-state index >= 15 is 0 Å². The molecule has 2 aromatic heterocycles. The highest BCUT2D eigenvalue weighted by Gasteiger charge is 2.15. The molecule has 4 rings (SSSR count). The number of nitrogens with one attached hydrogen (secondary N) is 1. The lowest BCUT2D eigenvalue weighted by molar-refractivity contribution is -0.116. The standard InChI is InChI=1S/C19H15BrN6O3/c1-29-15-4-2-3-14(9-15)26-18-17(23-24-26)19(28)25(11-21-18)10-16(27)22-13-7-5-12(20)6-8-13/h2-9,11H,10H2,1H3,(H,22,27). The number of ether oxygens (including phenoxy) is 1. The number of methoxy groups -OCH3 is 1. The number of rotatable bonds is 5. The van der Waals surface area contributed by atoms with E-state index in [9.17, 15) is 9.59 Å². The van der Waals surface area contributed by atoms with Gasteiger partial charge in [-0.2, -0.15) is 4.68 Å². The lowest BCUT2D eigenvalue weighted by Crippen LogP contribution is -2.28. The van der Waals surface area contributed by atoms with Crippen molar-refractivity contribution in [3.63, 3.8) is 0 Å². The summed E-state index contributed by atoms with van der Waals surface area (Å²) in [5.74, 6) is 0.292. The normalized spacial score (nSPS) is 10.8. The molecule has 9 nitrogen and oxygen atoms in total. The fourth-order valence-corrected chi connectivity index (χ4v) is 3.03. The van der Waals surface area contributed by atoms with Crippen LogP contribution in [0, 0.1) is 0 Å². The molecule has 0 aliphatic rings. The van der Waals surface area contributed by atoms with Crippen molar-refractivity contribution in [3.05, 3.63) is 69.7 Å². The van der Waals surface area contributed by atoms with Crippen LogP contribution in [0.2, 0.25) is 0 Å². The summed E-state index contributed by atoms with van der Waals surface area (Å²) in [7, 11) is 1.56. The van der Waals surface area contributed by atoms with Crippen LogP contribution in [0.1, 0.15) is 0 Å². The second kappa shape index (κ2) is 7.84. The van der Waals surface area contributed by atoms with E-state index in [1.165, 1.54) is 15.6 Å². The molecule has 0 spiro atoms. The van der Waals surface area contributed by atoms with Crippen molar-refractivity contribution in [3.8, 4) is 11.4 Å². The lowest BCUT2D eigenvalue weighted by atomic mass is 10.3. The highest BCUT2D eigenvalue weighted by atomic mass is 79.9. The molecule has 0 atom stereocenters. The Morgan fingerprint density at radius 1 is 1.21 bits per heavy atom. The van der Waals surface area contributed by atoms with Crippen molar-refractivity contribution in [1.29, 1.82) is 0 Å². The van der Waals surface area contributed by atoms with Crippen molar-refractivity contribution in [2.75, 3.05) is 12.4 Å². The summed E-state index contributed by atoms with van der Waals surface area (Å²) < 4.78 is 8.76. The maximum Gasteiger partial charge on any atom is 0.284 e. The van der Waals surface area contributed by atoms with E-state index in [2.05, 4.69) is 36.5 Å². The number of halogens is 1. The molecule has 4 aromatic rings. The van der Waals surface area contributed by atoms with E-state index in [0.29, 0.717) is 22.8 Å². The molecule has 2 aromatic carbocycles. The van der Waals surface area contributed by atoms with Crippen LogP contribution < -0.4 is 15.6 Å². The first-order valence-electron chi connectivity index (χ1n) is 8.56. The van der Waals surface area contributed by atoms with Crippen molar-refractivity contribution < 1.29 is 9.53 Å². The van der Waals surface area contributed by atoms with E-state index < -0.39 is 5.56 Å². The molecule has 0 aliphatic carbocycles. The molecule has 0 bridgehead atoms. The number of anilines is 1. The van der Waals surface area contributed by atoms with Crippen LogP contribution >= 0.6 is 15.9 Å². The van der Waals surface area contributed by atoms with Gasteiger partial charge in [0.2, 0.25) is 5.91 Å². The molecule has 0 saturated carbocycles. The minimum absolute atomic E-state index is 0.0757. The molecular weight excluding hydrogens is 440 g/mol. The van der Waals surface area contributed by atoms with Gasteiger partial charge in [-0.25, -0.2) is 4.98 Å². The zero-order valence-corrected chi connectivity index (χ0v) is 16.8.